The van der Waals surface area contributed by atoms with E-state index in [-0.39, 0.29) is 5.78 Å². The van der Waals surface area contributed by atoms with Crippen LogP contribution in [0.3, 0.4) is 0 Å². The molecule has 4 heteroatoms. The number of carbonyl (C=O) groups is 1. The topological polar surface area (TPSA) is 52.1 Å². The zero-order chi connectivity index (χ0) is 13.1. The number of ketones is 1. The van der Waals surface area contributed by atoms with Gasteiger partial charge in [0.2, 0.25) is 5.78 Å². The van der Waals surface area contributed by atoms with Gasteiger partial charge in [0.1, 0.15) is 11.4 Å². The zero-order valence-electron chi connectivity index (χ0n) is 10.6. The first kappa shape index (κ1) is 12.2. The number of ether oxygens (including phenoxy) is 1. The minimum Gasteiger partial charge on any atom is -0.496 e. The average molecular weight is 242 g/mol. The molecule has 0 amide bonds. The summed E-state index contributed by atoms with van der Waals surface area (Å²) in [6, 6.07) is 3.68. The molecular weight excluding hydrogens is 228 g/mol. The molecule has 0 fully saturated rings. The Morgan fingerprint density at radius 3 is 2.56 bits per heavy atom. The highest BCUT2D eigenvalue weighted by atomic mass is 16.5. The molecule has 0 saturated carbocycles. The number of hydrogen-bond acceptors (Lipinski definition) is 4. The Kier molecular flexibility index (Phi) is 3.37. The first-order valence-corrected chi connectivity index (χ1v) is 5.59. The summed E-state index contributed by atoms with van der Waals surface area (Å²) in [5.41, 5.74) is 2.78. The number of nitrogens with zero attached hydrogens (tertiary/aromatic N) is 2. The number of benzene rings is 1. The van der Waals surface area contributed by atoms with Crippen molar-refractivity contribution in [3.8, 4) is 5.75 Å². The van der Waals surface area contributed by atoms with Crippen LogP contribution in [-0.2, 0) is 0 Å². The monoisotopic (exact) mass is 242 g/mol. The van der Waals surface area contributed by atoms with Crippen LogP contribution in [0.5, 0.6) is 5.75 Å². The van der Waals surface area contributed by atoms with E-state index in [4.69, 9.17) is 4.74 Å². The highest BCUT2D eigenvalue weighted by molar-refractivity contribution is 6.08. The van der Waals surface area contributed by atoms with Crippen LogP contribution >= 0.6 is 0 Å². The molecule has 0 spiro atoms. The second-order valence-electron chi connectivity index (χ2n) is 4.06. The predicted molar refractivity (Wildman–Crippen MR) is 67.9 cm³/mol. The van der Waals surface area contributed by atoms with E-state index in [1.807, 2.05) is 26.0 Å². The summed E-state index contributed by atoms with van der Waals surface area (Å²) in [6.07, 6.45) is 4.53. The standard InChI is InChI=1S/C14H14N2O2/c1-9-7-13(18-3)10(2)6-11(9)14(17)12-8-15-4-5-16-12/h4-8H,1-3H3. The van der Waals surface area contributed by atoms with Crippen LogP contribution in [0.2, 0.25) is 0 Å². The maximum Gasteiger partial charge on any atom is 0.213 e. The largest absolute Gasteiger partial charge is 0.496 e. The van der Waals surface area contributed by atoms with Crippen molar-refractivity contribution in [3.05, 3.63) is 53.1 Å². The van der Waals surface area contributed by atoms with Gasteiger partial charge in [0.15, 0.2) is 0 Å². The van der Waals surface area contributed by atoms with Gasteiger partial charge < -0.3 is 4.74 Å². The third kappa shape index (κ3) is 2.22. The SMILES string of the molecule is COc1cc(C)c(C(=O)c2cnccn2)cc1C. The minimum absolute atomic E-state index is 0.119. The van der Waals surface area contributed by atoms with Crippen LogP contribution in [0.15, 0.2) is 30.7 Å². The molecule has 0 atom stereocenters. The Morgan fingerprint density at radius 2 is 1.94 bits per heavy atom. The van der Waals surface area contributed by atoms with Crippen LogP contribution in [0.25, 0.3) is 0 Å². The molecule has 0 saturated heterocycles. The maximum absolute atomic E-state index is 12.3. The molecule has 2 rings (SSSR count). The summed E-state index contributed by atoms with van der Waals surface area (Å²) in [7, 11) is 1.62. The quantitative estimate of drug-likeness (QED) is 0.775. The summed E-state index contributed by atoms with van der Waals surface area (Å²) in [4.78, 5) is 20.2. The van der Waals surface area contributed by atoms with E-state index < -0.39 is 0 Å². The van der Waals surface area contributed by atoms with Crippen LogP contribution in [-0.4, -0.2) is 22.9 Å². The molecule has 1 heterocycles. The number of hydrogen-bond donors (Lipinski definition) is 0. The minimum atomic E-state index is -0.119. The van der Waals surface area contributed by atoms with Crippen molar-refractivity contribution in [1.82, 2.24) is 9.97 Å². The molecule has 1 aromatic carbocycles. The van der Waals surface area contributed by atoms with Gasteiger partial charge in [0.25, 0.3) is 0 Å². The lowest BCUT2D eigenvalue weighted by molar-refractivity contribution is 0.103. The van der Waals surface area contributed by atoms with Gasteiger partial charge in [-0.1, -0.05) is 0 Å². The van der Waals surface area contributed by atoms with Crippen molar-refractivity contribution in [2.24, 2.45) is 0 Å². The Bertz CT molecular complexity index is 580. The second kappa shape index (κ2) is 4.96. The van der Waals surface area contributed by atoms with Gasteiger partial charge in [0, 0.05) is 18.0 Å². The van der Waals surface area contributed by atoms with Gasteiger partial charge in [-0.25, -0.2) is 4.98 Å². The first-order chi connectivity index (χ1) is 8.63. The van der Waals surface area contributed by atoms with Crippen LogP contribution in [0.4, 0.5) is 0 Å². The number of methoxy groups -OCH3 is 1. The first-order valence-electron chi connectivity index (χ1n) is 5.59. The van der Waals surface area contributed by atoms with Gasteiger partial charge in [0.05, 0.1) is 13.3 Å². The van der Waals surface area contributed by atoms with Crippen molar-refractivity contribution in [2.45, 2.75) is 13.8 Å². The van der Waals surface area contributed by atoms with E-state index in [0.29, 0.717) is 11.3 Å². The van der Waals surface area contributed by atoms with Crippen LogP contribution in [0, 0.1) is 13.8 Å². The van der Waals surface area contributed by atoms with Crippen molar-refractivity contribution < 1.29 is 9.53 Å². The lowest BCUT2D eigenvalue weighted by Gasteiger charge is -2.10. The van der Waals surface area contributed by atoms with Gasteiger partial charge in [-0.2, -0.15) is 0 Å². The van der Waals surface area contributed by atoms with Gasteiger partial charge >= 0.3 is 0 Å². The molecule has 0 N–H and O–H groups in total. The fourth-order valence-electron chi connectivity index (χ4n) is 1.81. The molecule has 0 unspecified atom stereocenters. The maximum atomic E-state index is 12.3. The normalized spacial score (nSPS) is 10.2. The third-order valence-corrected chi connectivity index (χ3v) is 2.78. The smallest absolute Gasteiger partial charge is 0.213 e. The third-order valence-electron chi connectivity index (χ3n) is 2.78. The predicted octanol–water partition coefficient (Wildman–Crippen LogP) is 2.33. The highest BCUT2D eigenvalue weighted by Crippen LogP contribution is 2.23. The van der Waals surface area contributed by atoms with Crippen molar-refractivity contribution >= 4 is 5.78 Å². The molecule has 0 radical (unpaired) electrons. The number of aryl methyl sites for hydroxylation is 2. The Morgan fingerprint density at radius 1 is 1.17 bits per heavy atom. The fraction of sp³-hybridized carbons (Fsp3) is 0.214. The molecule has 18 heavy (non-hydrogen) atoms. The van der Waals surface area contributed by atoms with Gasteiger partial charge in [-0.3, -0.25) is 9.78 Å². The molecule has 0 aliphatic heterocycles. The van der Waals surface area contributed by atoms with Crippen molar-refractivity contribution in [3.63, 3.8) is 0 Å². The summed E-state index contributed by atoms with van der Waals surface area (Å²) in [5.74, 6) is 0.662. The summed E-state index contributed by atoms with van der Waals surface area (Å²) in [6.45, 7) is 3.79. The van der Waals surface area contributed by atoms with E-state index in [1.54, 1.807) is 13.3 Å². The van der Waals surface area contributed by atoms with E-state index in [2.05, 4.69) is 9.97 Å². The number of aromatic nitrogens is 2. The number of rotatable bonds is 3. The van der Waals surface area contributed by atoms with Gasteiger partial charge in [-0.05, 0) is 37.1 Å². The zero-order valence-corrected chi connectivity index (χ0v) is 10.6. The number of carbonyl (C=O) groups excluding carboxylic acids is 1. The lowest BCUT2D eigenvalue weighted by Crippen LogP contribution is -2.07. The molecule has 4 nitrogen and oxygen atoms in total. The molecule has 1 aromatic heterocycles. The summed E-state index contributed by atoms with van der Waals surface area (Å²) < 4.78 is 5.23. The average Bonchev–Trinajstić information content (AvgIpc) is 2.41. The summed E-state index contributed by atoms with van der Waals surface area (Å²) >= 11 is 0. The molecule has 0 aliphatic carbocycles. The molecule has 2 aromatic rings. The van der Waals surface area contributed by atoms with Crippen molar-refractivity contribution in [1.29, 1.82) is 0 Å². The van der Waals surface area contributed by atoms with E-state index in [1.165, 1.54) is 12.4 Å². The second-order valence-corrected chi connectivity index (χ2v) is 4.06. The molecule has 0 aliphatic rings. The van der Waals surface area contributed by atoms with Crippen molar-refractivity contribution in [2.75, 3.05) is 7.11 Å². The Labute approximate surface area is 106 Å². The summed E-state index contributed by atoms with van der Waals surface area (Å²) in [5, 5.41) is 0. The molecule has 0 bridgehead atoms. The Hall–Kier alpha value is -2.23. The molecular formula is C14H14N2O2. The fourth-order valence-corrected chi connectivity index (χ4v) is 1.81. The Balaban J connectivity index is 2.46. The molecule has 92 valence electrons. The highest BCUT2D eigenvalue weighted by Gasteiger charge is 2.15. The van der Waals surface area contributed by atoms with E-state index in [9.17, 15) is 4.79 Å². The van der Waals surface area contributed by atoms with Gasteiger partial charge in [-0.15, -0.1) is 0 Å². The lowest BCUT2D eigenvalue weighted by atomic mass is 9.99. The van der Waals surface area contributed by atoms with E-state index >= 15 is 0 Å². The van der Waals surface area contributed by atoms with Crippen LogP contribution < -0.4 is 4.74 Å². The van der Waals surface area contributed by atoms with Crippen LogP contribution in [0.1, 0.15) is 27.2 Å². The van der Waals surface area contributed by atoms with E-state index in [0.717, 1.165) is 16.9 Å².